The molecule has 34 valence electrons. The summed E-state index contributed by atoms with van der Waals surface area (Å²) >= 11 is 0. The molecule has 1 aliphatic heterocycles. The van der Waals surface area contributed by atoms with Gasteiger partial charge in [0.05, 0.1) is 6.20 Å². The molecule has 0 spiro atoms. The van der Waals surface area contributed by atoms with E-state index in [-0.39, 0.29) is 6.73 Å². The Bertz CT molecular complexity index is 73.2. The van der Waals surface area contributed by atoms with Crippen LogP contribution in [-0.2, 0) is 4.74 Å². The van der Waals surface area contributed by atoms with Crippen molar-refractivity contribution < 1.29 is 9.22 Å². The molecule has 0 aromatic rings. The summed E-state index contributed by atoms with van der Waals surface area (Å²) in [5.74, 6) is 0. The molecule has 0 fully saturated rings. The van der Waals surface area contributed by atoms with E-state index in [0.717, 1.165) is 0 Å². The first-order valence-corrected chi connectivity index (χ1v) is 1.60. The van der Waals surface area contributed by atoms with E-state index in [4.69, 9.17) is 0 Å². The van der Waals surface area contributed by atoms with Crippen molar-refractivity contribution in [2.45, 2.75) is 0 Å². The van der Waals surface area contributed by atoms with Gasteiger partial charge in [0.1, 0.15) is 6.26 Å². The number of nitrogens with zero attached hydrogens (tertiary/aromatic N) is 1. The van der Waals surface area contributed by atoms with Gasteiger partial charge in [0.15, 0.2) is 6.73 Å². The highest BCUT2D eigenvalue weighted by molar-refractivity contribution is 4.72. The molecular weight excluding hydrogens is 85.0 g/mol. The average Bonchev–Trinajstić information content (AvgIpc) is 1.86. The zero-order valence-corrected chi connectivity index (χ0v) is 3.10. The predicted molar refractivity (Wildman–Crippen MR) is 18.0 cm³/mol. The zero-order valence-electron chi connectivity index (χ0n) is 3.10. The van der Waals surface area contributed by atoms with E-state index in [0.29, 0.717) is 5.12 Å². The molecule has 0 amide bonds. The van der Waals surface area contributed by atoms with Crippen molar-refractivity contribution in [1.82, 2.24) is 5.12 Å². The summed E-state index contributed by atoms with van der Waals surface area (Å²) in [6, 6.07) is 0. The lowest BCUT2D eigenvalue weighted by Crippen LogP contribution is -1.99. The van der Waals surface area contributed by atoms with Crippen LogP contribution in [-0.4, -0.2) is 11.9 Å². The molecule has 1 rings (SSSR count). The van der Waals surface area contributed by atoms with Crippen LogP contribution in [0.3, 0.4) is 0 Å². The summed E-state index contributed by atoms with van der Waals surface area (Å²) in [7, 11) is 0. The minimum atomic E-state index is 0.0417. The molecule has 0 radical (unpaired) electrons. The second-order valence-corrected chi connectivity index (χ2v) is 0.981. The molecule has 0 bridgehead atoms. The Morgan fingerprint density at radius 1 is 1.83 bits per heavy atom. The quantitative estimate of drug-likeness (QED) is 0.403. The van der Waals surface area contributed by atoms with Crippen molar-refractivity contribution >= 4 is 0 Å². The third kappa shape index (κ3) is 0.429. The average molecular weight is 89.1 g/mol. The van der Waals surface area contributed by atoms with Gasteiger partial charge >= 0.3 is 0 Å². The van der Waals surface area contributed by atoms with Gasteiger partial charge in [-0.05, 0) is 0 Å². The monoisotopic (exact) mass is 89.0 g/mol. The van der Waals surface area contributed by atoms with E-state index in [2.05, 4.69) is 4.74 Å². The van der Waals surface area contributed by atoms with Crippen LogP contribution in [0.2, 0.25) is 0 Å². The predicted octanol–water partition coefficient (Wildman–Crippen LogP) is 0.632. The SMILES string of the molecule is FN1C=COC1. The van der Waals surface area contributed by atoms with E-state index in [9.17, 15) is 4.48 Å². The first kappa shape index (κ1) is 3.46. The summed E-state index contributed by atoms with van der Waals surface area (Å²) in [6.45, 7) is 0.0417. The largest absolute Gasteiger partial charge is 0.477 e. The first-order valence-electron chi connectivity index (χ1n) is 1.60. The first-order chi connectivity index (χ1) is 2.89. The molecule has 0 atom stereocenters. The van der Waals surface area contributed by atoms with E-state index in [1.807, 2.05) is 0 Å². The van der Waals surface area contributed by atoms with Gasteiger partial charge in [0.2, 0.25) is 0 Å². The molecule has 1 heterocycles. The Morgan fingerprint density at radius 3 is 2.83 bits per heavy atom. The lowest BCUT2D eigenvalue weighted by Gasteiger charge is -1.94. The van der Waals surface area contributed by atoms with Crippen molar-refractivity contribution in [3.05, 3.63) is 12.5 Å². The summed E-state index contributed by atoms with van der Waals surface area (Å²) in [4.78, 5) is 0. The summed E-state index contributed by atoms with van der Waals surface area (Å²) in [5, 5.41) is 0.458. The minimum Gasteiger partial charge on any atom is -0.477 e. The highest BCUT2D eigenvalue weighted by Gasteiger charge is 1.98. The molecule has 0 saturated heterocycles. The van der Waals surface area contributed by atoms with Gasteiger partial charge in [-0.3, -0.25) is 0 Å². The van der Waals surface area contributed by atoms with Crippen LogP contribution in [0.4, 0.5) is 4.48 Å². The highest BCUT2D eigenvalue weighted by Crippen LogP contribution is 1.98. The number of rotatable bonds is 0. The van der Waals surface area contributed by atoms with Crippen LogP contribution >= 0.6 is 0 Å². The van der Waals surface area contributed by atoms with Crippen molar-refractivity contribution in [3.63, 3.8) is 0 Å². The molecule has 0 aromatic carbocycles. The fourth-order valence-electron chi connectivity index (χ4n) is 0.266. The lowest BCUT2D eigenvalue weighted by molar-refractivity contribution is 0.0215. The molecule has 0 unspecified atom stereocenters. The standard InChI is InChI=1S/C3H4FNO/c4-5-1-2-6-3-5/h1-2H,3H2. The lowest BCUT2D eigenvalue weighted by atomic mass is 11.0. The van der Waals surface area contributed by atoms with E-state index >= 15 is 0 Å². The Morgan fingerprint density at radius 2 is 2.67 bits per heavy atom. The number of hydrogen-bond donors (Lipinski definition) is 0. The van der Waals surface area contributed by atoms with Gasteiger partial charge < -0.3 is 4.74 Å². The summed E-state index contributed by atoms with van der Waals surface area (Å²) in [6.07, 6.45) is 2.53. The Kier molecular flexibility index (Phi) is 0.670. The maximum Gasteiger partial charge on any atom is 0.188 e. The molecule has 0 aromatic heterocycles. The van der Waals surface area contributed by atoms with Crippen LogP contribution in [0.15, 0.2) is 12.5 Å². The van der Waals surface area contributed by atoms with Gasteiger partial charge in [0, 0.05) is 0 Å². The Balaban J connectivity index is 2.38. The van der Waals surface area contributed by atoms with Gasteiger partial charge in [-0.15, -0.1) is 0 Å². The summed E-state index contributed by atoms with van der Waals surface area (Å²) < 4.78 is 16.0. The normalized spacial score (nSPS) is 18.5. The fourth-order valence-corrected chi connectivity index (χ4v) is 0.266. The van der Waals surface area contributed by atoms with Gasteiger partial charge in [-0.25, -0.2) is 0 Å². The van der Waals surface area contributed by atoms with Crippen LogP contribution in [0.5, 0.6) is 0 Å². The van der Waals surface area contributed by atoms with E-state index in [1.165, 1.54) is 12.5 Å². The highest BCUT2D eigenvalue weighted by atomic mass is 19.2. The number of hydrogen-bond acceptors (Lipinski definition) is 2. The van der Waals surface area contributed by atoms with Crippen molar-refractivity contribution in [3.8, 4) is 0 Å². The van der Waals surface area contributed by atoms with Gasteiger partial charge in [-0.1, -0.05) is 4.48 Å². The van der Waals surface area contributed by atoms with Crippen LogP contribution in [0, 0.1) is 0 Å². The molecule has 3 heteroatoms. The zero-order chi connectivity index (χ0) is 4.41. The molecule has 1 aliphatic rings. The summed E-state index contributed by atoms with van der Waals surface area (Å²) in [5.41, 5.74) is 0. The molecule has 6 heavy (non-hydrogen) atoms. The van der Waals surface area contributed by atoms with Crippen molar-refractivity contribution in [1.29, 1.82) is 0 Å². The molecule has 0 saturated carbocycles. The van der Waals surface area contributed by atoms with Gasteiger partial charge in [-0.2, -0.15) is 5.12 Å². The van der Waals surface area contributed by atoms with Crippen molar-refractivity contribution in [2.24, 2.45) is 0 Å². The minimum absolute atomic E-state index is 0.0417. The second kappa shape index (κ2) is 1.16. The van der Waals surface area contributed by atoms with Crippen LogP contribution in [0.1, 0.15) is 0 Å². The molecule has 2 nitrogen and oxygen atoms in total. The number of ether oxygens (including phenoxy) is 1. The van der Waals surface area contributed by atoms with Crippen LogP contribution in [0.25, 0.3) is 0 Å². The number of halogens is 1. The third-order valence-corrected chi connectivity index (χ3v) is 0.517. The van der Waals surface area contributed by atoms with E-state index < -0.39 is 0 Å². The van der Waals surface area contributed by atoms with Crippen molar-refractivity contribution in [2.75, 3.05) is 6.73 Å². The van der Waals surface area contributed by atoms with E-state index in [1.54, 1.807) is 0 Å². The topological polar surface area (TPSA) is 12.5 Å². The molecular formula is C3H4FNO. The smallest absolute Gasteiger partial charge is 0.188 e. The third-order valence-electron chi connectivity index (χ3n) is 0.517. The molecule has 0 aliphatic carbocycles. The Hall–Kier alpha value is -0.730. The molecule has 0 N–H and O–H groups in total. The Labute approximate surface area is 34.7 Å². The van der Waals surface area contributed by atoms with Gasteiger partial charge in [0.25, 0.3) is 0 Å². The maximum atomic E-state index is 11.5. The second-order valence-electron chi connectivity index (χ2n) is 0.981. The fraction of sp³-hybridized carbons (Fsp3) is 0.333. The maximum absolute atomic E-state index is 11.5. The van der Waals surface area contributed by atoms with Crippen LogP contribution < -0.4 is 0 Å².